The van der Waals surface area contributed by atoms with Crippen molar-refractivity contribution in [1.29, 1.82) is 0 Å². The van der Waals surface area contributed by atoms with Gasteiger partial charge in [0.1, 0.15) is 0 Å². The minimum atomic E-state index is -1.15. The second kappa shape index (κ2) is 17.7. The lowest BCUT2D eigenvalue weighted by atomic mass is 10.1. The Morgan fingerprint density at radius 2 is 1.58 bits per heavy atom. The molecule has 1 unspecified atom stereocenters. The smallest absolute Gasteiger partial charge is 0.336 e. The highest BCUT2D eigenvalue weighted by Gasteiger charge is 2.16. The van der Waals surface area contributed by atoms with Crippen LogP contribution < -0.4 is 0 Å². The Morgan fingerprint density at radius 3 is 2.25 bits per heavy atom. The van der Waals surface area contributed by atoms with Crippen molar-refractivity contribution in [2.75, 3.05) is 0 Å². The molecule has 136 valence electrons. The predicted octanol–water partition coefficient (Wildman–Crippen LogP) is 5.68. The van der Waals surface area contributed by atoms with Crippen LogP contribution in [0.1, 0.15) is 64.7 Å². The maximum Gasteiger partial charge on any atom is 0.336 e. The summed E-state index contributed by atoms with van der Waals surface area (Å²) in [6, 6.07) is 0. The van der Waals surface area contributed by atoms with Gasteiger partial charge in [-0.05, 0) is 38.5 Å². The molecular weight excluding hydrogens is 304 g/mol. The molecule has 2 N–H and O–H groups in total. The molecule has 0 aromatic heterocycles. The number of carboxylic acid groups (broad SMARTS) is 1. The summed E-state index contributed by atoms with van der Waals surface area (Å²) >= 11 is 0. The lowest BCUT2D eigenvalue weighted by Crippen LogP contribution is -2.21. The number of carbonyl (C=O) groups is 1. The fourth-order valence-electron chi connectivity index (χ4n) is 2.05. The third-order valence-corrected chi connectivity index (χ3v) is 3.48. The van der Waals surface area contributed by atoms with Gasteiger partial charge in [-0.3, -0.25) is 5.26 Å². The van der Waals surface area contributed by atoms with Crippen LogP contribution in [0.5, 0.6) is 0 Å². The number of hydrogen-bond donors (Lipinski definition) is 2. The van der Waals surface area contributed by atoms with Gasteiger partial charge in [0.25, 0.3) is 0 Å². The van der Waals surface area contributed by atoms with Crippen LogP contribution in [0.25, 0.3) is 0 Å². The average Bonchev–Trinajstić information content (AvgIpc) is 2.57. The van der Waals surface area contributed by atoms with Gasteiger partial charge < -0.3 is 5.11 Å². The summed E-state index contributed by atoms with van der Waals surface area (Å²) in [5.74, 6) is -1.15. The summed E-state index contributed by atoms with van der Waals surface area (Å²) < 4.78 is 0. The molecule has 24 heavy (non-hydrogen) atoms. The number of rotatable bonds is 15. The molecule has 0 heterocycles. The molecule has 0 radical (unpaired) electrons. The molecule has 0 amide bonds. The quantitative estimate of drug-likeness (QED) is 0.133. The molecule has 0 rings (SSSR count). The first kappa shape index (κ1) is 22.4. The van der Waals surface area contributed by atoms with E-state index in [1.54, 1.807) is 0 Å². The van der Waals surface area contributed by atoms with Crippen LogP contribution >= 0.6 is 0 Å². The third-order valence-electron chi connectivity index (χ3n) is 3.48. The van der Waals surface area contributed by atoms with Crippen LogP contribution in [0, 0.1) is 0 Å². The largest absolute Gasteiger partial charge is 0.479 e. The minimum Gasteiger partial charge on any atom is -0.479 e. The Bertz CT molecular complexity index is 408. The maximum atomic E-state index is 10.6. The van der Waals surface area contributed by atoms with E-state index in [0.717, 1.165) is 19.3 Å². The molecule has 0 saturated heterocycles. The summed E-state index contributed by atoms with van der Waals surface area (Å²) in [6.07, 6.45) is 24.4. The molecule has 1 atom stereocenters. The van der Waals surface area contributed by atoms with Gasteiger partial charge in [-0.15, -0.1) is 0 Å². The van der Waals surface area contributed by atoms with Crippen molar-refractivity contribution in [3.63, 3.8) is 0 Å². The molecule has 4 heteroatoms. The molecule has 0 aliphatic rings. The van der Waals surface area contributed by atoms with Crippen LogP contribution in [0.4, 0.5) is 0 Å². The van der Waals surface area contributed by atoms with Crippen LogP contribution in [0.3, 0.4) is 0 Å². The molecule has 0 fully saturated rings. The highest BCUT2D eigenvalue weighted by Crippen LogP contribution is 2.04. The third kappa shape index (κ3) is 15.3. The number of carboxylic acids is 1. The van der Waals surface area contributed by atoms with Crippen molar-refractivity contribution in [3.8, 4) is 0 Å². The normalized spacial score (nSPS) is 13.8. The first-order valence-corrected chi connectivity index (χ1v) is 8.87. The number of aliphatic carboxylic acids is 1. The van der Waals surface area contributed by atoms with E-state index in [4.69, 9.17) is 10.4 Å². The van der Waals surface area contributed by atoms with Crippen molar-refractivity contribution < 1.29 is 20.0 Å². The number of unbranched alkanes of at least 4 members (excludes halogenated alkanes) is 4. The van der Waals surface area contributed by atoms with Gasteiger partial charge >= 0.3 is 5.97 Å². The van der Waals surface area contributed by atoms with Crippen molar-refractivity contribution in [3.05, 3.63) is 48.6 Å². The molecule has 0 aliphatic carbocycles. The Balaban J connectivity index is 3.58. The zero-order chi connectivity index (χ0) is 17.9. The zero-order valence-electron chi connectivity index (χ0n) is 14.8. The Hall–Kier alpha value is -1.65. The topological polar surface area (TPSA) is 66.8 Å². The second-order valence-corrected chi connectivity index (χ2v) is 5.63. The van der Waals surface area contributed by atoms with Crippen molar-refractivity contribution in [2.24, 2.45) is 0 Å². The van der Waals surface area contributed by atoms with Gasteiger partial charge in [0.2, 0.25) is 0 Å². The van der Waals surface area contributed by atoms with Gasteiger partial charge in [0, 0.05) is 0 Å². The molecular formula is C20H32O4. The summed E-state index contributed by atoms with van der Waals surface area (Å²) in [5, 5.41) is 17.1. The minimum absolute atomic E-state index is 0.263. The summed E-state index contributed by atoms with van der Waals surface area (Å²) in [5.41, 5.74) is 0. The highest BCUT2D eigenvalue weighted by atomic mass is 17.1. The van der Waals surface area contributed by atoms with E-state index in [-0.39, 0.29) is 6.42 Å². The number of hydrogen-bond acceptors (Lipinski definition) is 3. The van der Waals surface area contributed by atoms with Gasteiger partial charge in [-0.25, -0.2) is 9.68 Å². The lowest BCUT2D eigenvalue weighted by molar-refractivity contribution is -0.277. The SMILES string of the molecule is CCCCCC/C=C/C=C/C/C=C/C/C=C/CCC(OO)C(=O)O. The van der Waals surface area contributed by atoms with Gasteiger partial charge in [0.05, 0.1) is 0 Å². The molecule has 0 aliphatic heterocycles. The van der Waals surface area contributed by atoms with Crippen LogP contribution in [-0.4, -0.2) is 22.4 Å². The Kier molecular flexibility index (Phi) is 16.5. The van der Waals surface area contributed by atoms with Gasteiger partial charge in [-0.1, -0.05) is 74.8 Å². The summed E-state index contributed by atoms with van der Waals surface area (Å²) in [7, 11) is 0. The van der Waals surface area contributed by atoms with Crippen LogP contribution in [-0.2, 0) is 9.68 Å². The van der Waals surface area contributed by atoms with E-state index in [2.05, 4.69) is 48.3 Å². The van der Waals surface area contributed by atoms with E-state index in [1.807, 2.05) is 12.2 Å². The van der Waals surface area contributed by atoms with Crippen LogP contribution in [0.2, 0.25) is 0 Å². The van der Waals surface area contributed by atoms with Crippen LogP contribution in [0.15, 0.2) is 48.6 Å². The highest BCUT2D eigenvalue weighted by molar-refractivity contribution is 5.72. The zero-order valence-corrected chi connectivity index (χ0v) is 14.8. The monoisotopic (exact) mass is 336 g/mol. The first-order chi connectivity index (χ1) is 11.7. The Labute approximate surface area is 146 Å². The van der Waals surface area contributed by atoms with Gasteiger partial charge in [-0.2, -0.15) is 0 Å². The standard InChI is InChI=1S/C20H32O4/c1-2-3-4-5-6-7-8-9-10-11-12-13-14-15-16-17-18-19(24-23)20(21)22/h7-10,12-13,15-16,19,23H,2-6,11,14,17-18H2,1H3,(H,21,22)/b8-7+,10-9+,13-12+,16-15+. The van der Waals surface area contributed by atoms with E-state index in [9.17, 15) is 4.79 Å². The molecule has 0 spiro atoms. The van der Waals surface area contributed by atoms with E-state index in [0.29, 0.717) is 6.42 Å². The van der Waals surface area contributed by atoms with E-state index < -0.39 is 12.1 Å². The molecule has 0 bridgehead atoms. The predicted molar refractivity (Wildman–Crippen MR) is 98.9 cm³/mol. The first-order valence-electron chi connectivity index (χ1n) is 8.87. The molecule has 0 aromatic rings. The van der Waals surface area contributed by atoms with E-state index >= 15 is 0 Å². The van der Waals surface area contributed by atoms with Crippen molar-refractivity contribution >= 4 is 5.97 Å². The fourth-order valence-corrected chi connectivity index (χ4v) is 2.05. The summed E-state index contributed by atoms with van der Waals surface area (Å²) in [4.78, 5) is 14.5. The second-order valence-electron chi connectivity index (χ2n) is 5.63. The number of allylic oxidation sites excluding steroid dienone is 8. The Morgan fingerprint density at radius 1 is 0.917 bits per heavy atom. The van der Waals surface area contributed by atoms with Crippen molar-refractivity contribution in [1.82, 2.24) is 0 Å². The van der Waals surface area contributed by atoms with Crippen molar-refractivity contribution in [2.45, 2.75) is 70.8 Å². The molecule has 4 nitrogen and oxygen atoms in total. The average molecular weight is 336 g/mol. The van der Waals surface area contributed by atoms with E-state index in [1.165, 1.54) is 25.7 Å². The summed E-state index contributed by atoms with van der Waals surface area (Å²) in [6.45, 7) is 2.23. The molecule has 0 saturated carbocycles. The molecule has 0 aromatic carbocycles. The maximum absolute atomic E-state index is 10.6. The van der Waals surface area contributed by atoms with Gasteiger partial charge in [0.15, 0.2) is 6.10 Å². The fraction of sp³-hybridized carbons (Fsp3) is 0.550. The lowest BCUT2D eigenvalue weighted by Gasteiger charge is -2.05.